The summed E-state index contributed by atoms with van der Waals surface area (Å²) in [7, 11) is 0. The van der Waals surface area contributed by atoms with E-state index in [-0.39, 0.29) is 5.75 Å². The van der Waals surface area contributed by atoms with Crippen molar-refractivity contribution in [3.8, 4) is 11.6 Å². The Balaban J connectivity index is 2.20. The van der Waals surface area contributed by atoms with Crippen LogP contribution in [0.3, 0.4) is 0 Å². The molecule has 1 aromatic carbocycles. The van der Waals surface area contributed by atoms with E-state index in [1.165, 1.54) is 18.5 Å². The van der Waals surface area contributed by atoms with Crippen LogP contribution in [0.4, 0.5) is 10.1 Å². The minimum Gasteiger partial charge on any atom is -0.436 e. The number of rotatable bonds is 4. The van der Waals surface area contributed by atoms with Gasteiger partial charge in [0.15, 0.2) is 11.6 Å². The topological polar surface area (TPSA) is 61.0 Å². The number of nitrogens with zero attached hydrogens (tertiary/aromatic N) is 2. The fourth-order valence-corrected chi connectivity index (χ4v) is 1.54. The molecule has 94 valence electrons. The third-order valence-electron chi connectivity index (χ3n) is 2.38. The van der Waals surface area contributed by atoms with Gasteiger partial charge in [-0.3, -0.25) is 0 Å². The normalized spacial score (nSPS) is 10.3. The first-order valence-corrected chi connectivity index (χ1v) is 5.73. The van der Waals surface area contributed by atoms with Gasteiger partial charge in [0.05, 0.1) is 0 Å². The van der Waals surface area contributed by atoms with E-state index in [0.717, 1.165) is 18.5 Å². The highest BCUT2D eigenvalue weighted by Crippen LogP contribution is 2.24. The minimum absolute atomic E-state index is 0.102. The highest BCUT2D eigenvalue weighted by molar-refractivity contribution is 5.43. The largest absolute Gasteiger partial charge is 0.436 e. The van der Waals surface area contributed by atoms with E-state index in [1.54, 1.807) is 12.1 Å². The maximum absolute atomic E-state index is 13.5. The van der Waals surface area contributed by atoms with Crippen molar-refractivity contribution in [2.45, 2.75) is 19.8 Å². The van der Waals surface area contributed by atoms with Crippen LogP contribution in [0.25, 0.3) is 0 Å². The van der Waals surface area contributed by atoms with Crippen molar-refractivity contribution < 1.29 is 9.13 Å². The predicted molar refractivity (Wildman–Crippen MR) is 66.9 cm³/mol. The zero-order valence-electron chi connectivity index (χ0n) is 10.1. The van der Waals surface area contributed by atoms with E-state index in [4.69, 9.17) is 10.5 Å². The minimum atomic E-state index is -0.509. The van der Waals surface area contributed by atoms with Gasteiger partial charge in [0.1, 0.15) is 6.33 Å². The molecule has 0 radical (unpaired) electrons. The summed E-state index contributed by atoms with van der Waals surface area (Å²) in [5.41, 5.74) is 6.69. The Labute approximate surface area is 105 Å². The number of aromatic nitrogens is 2. The summed E-state index contributed by atoms with van der Waals surface area (Å²) >= 11 is 0. The van der Waals surface area contributed by atoms with Gasteiger partial charge in [-0.05, 0) is 18.6 Å². The zero-order chi connectivity index (χ0) is 13.0. The molecular formula is C13H14FN3O. The molecule has 2 rings (SSSR count). The van der Waals surface area contributed by atoms with E-state index < -0.39 is 5.82 Å². The van der Waals surface area contributed by atoms with Gasteiger partial charge in [-0.15, -0.1) is 0 Å². The monoisotopic (exact) mass is 247 g/mol. The van der Waals surface area contributed by atoms with Gasteiger partial charge in [0, 0.05) is 23.5 Å². The molecule has 4 nitrogen and oxygen atoms in total. The molecule has 0 fully saturated rings. The average molecular weight is 247 g/mol. The summed E-state index contributed by atoms with van der Waals surface area (Å²) in [5.74, 6) is -0.0758. The van der Waals surface area contributed by atoms with E-state index in [2.05, 4.69) is 16.9 Å². The van der Waals surface area contributed by atoms with Gasteiger partial charge in [0.25, 0.3) is 0 Å². The lowest BCUT2D eigenvalue weighted by Gasteiger charge is -2.07. The number of halogens is 1. The first kappa shape index (κ1) is 12.3. The average Bonchev–Trinajstić information content (AvgIpc) is 2.34. The van der Waals surface area contributed by atoms with E-state index in [1.807, 2.05) is 0 Å². The number of ether oxygens (including phenoxy) is 1. The van der Waals surface area contributed by atoms with E-state index >= 15 is 0 Å². The lowest BCUT2D eigenvalue weighted by Crippen LogP contribution is -1.96. The van der Waals surface area contributed by atoms with Crippen LogP contribution < -0.4 is 10.5 Å². The summed E-state index contributed by atoms with van der Waals surface area (Å²) in [5, 5.41) is 0. The van der Waals surface area contributed by atoms with Crippen LogP contribution in [0.1, 0.15) is 19.0 Å². The molecule has 1 aromatic heterocycles. The van der Waals surface area contributed by atoms with Gasteiger partial charge >= 0.3 is 0 Å². The first-order valence-electron chi connectivity index (χ1n) is 5.73. The molecule has 0 aliphatic heterocycles. The second-order valence-electron chi connectivity index (χ2n) is 3.89. The molecule has 2 aromatic rings. The highest BCUT2D eigenvalue weighted by atomic mass is 19.1. The van der Waals surface area contributed by atoms with Crippen LogP contribution in [-0.2, 0) is 6.42 Å². The van der Waals surface area contributed by atoms with Crippen molar-refractivity contribution in [1.82, 2.24) is 9.97 Å². The Hall–Kier alpha value is -2.17. The van der Waals surface area contributed by atoms with Crippen molar-refractivity contribution in [2.75, 3.05) is 5.73 Å². The number of nitrogens with two attached hydrogens (primary N) is 1. The molecular weight excluding hydrogens is 233 g/mol. The fourth-order valence-electron chi connectivity index (χ4n) is 1.54. The lowest BCUT2D eigenvalue weighted by atomic mass is 10.2. The van der Waals surface area contributed by atoms with E-state index in [9.17, 15) is 4.39 Å². The van der Waals surface area contributed by atoms with Crippen molar-refractivity contribution in [3.05, 3.63) is 42.1 Å². The van der Waals surface area contributed by atoms with Gasteiger partial charge < -0.3 is 10.5 Å². The van der Waals surface area contributed by atoms with Crippen LogP contribution in [0.5, 0.6) is 11.6 Å². The Morgan fingerprint density at radius 2 is 2.11 bits per heavy atom. The molecule has 18 heavy (non-hydrogen) atoms. The highest BCUT2D eigenvalue weighted by Gasteiger charge is 2.06. The molecule has 0 spiro atoms. The van der Waals surface area contributed by atoms with Crippen molar-refractivity contribution in [1.29, 1.82) is 0 Å². The Morgan fingerprint density at radius 1 is 1.28 bits per heavy atom. The molecule has 0 unspecified atom stereocenters. The molecule has 0 atom stereocenters. The number of benzene rings is 1. The molecule has 0 bridgehead atoms. The molecule has 0 aliphatic rings. The van der Waals surface area contributed by atoms with Crippen molar-refractivity contribution in [3.63, 3.8) is 0 Å². The van der Waals surface area contributed by atoms with Crippen LogP contribution in [0, 0.1) is 5.82 Å². The quantitative estimate of drug-likeness (QED) is 0.844. The fraction of sp³-hybridized carbons (Fsp3) is 0.231. The lowest BCUT2D eigenvalue weighted by molar-refractivity contribution is 0.426. The standard InChI is InChI=1S/C13H14FN3O/c1-2-3-10-7-13(17-8-16-10)18-12-5-4-9(15)6-11(12)14/h4-8H,2-3,15H2,1H3. The van der Waals surface area contributed by atoms with Crippen LogP contribution in [0.2, 0.25) is 0 Å². The van der Waals surface area contributed by atoms with E-state index in [0.29, 0.717) is 11.6 Å². The predicted octanol–water partition coefficient (Wildman–Crippen LogP) is 2.94. The SMILES string of the molecule is CCCc1cc(Oc2ccc(N)cc2F)ncn1. The molecule has 1 heterocycles. The van der Waals surface area contributed by atoms with Crippen molar-refractivity contribution in [2.24, 2.45) is 0 Å². The summed E-state index contributed by atoms with van der Waals surface area (Å²) in [4.78, 5) is 8.05. The number of hydrogen-bond donors (Lipinski definition) is 1. The Bertz CT molecular complexity index is 546. The first-order chi connectivity index (χ1) is 8.69. The maximum Gasteiger partial charge on any atom is 0.222 e. The van der Waals surface area contributed by atoms with Gasteiger partial charge in [0.2, 0.25) is 5.88 Å². The summed E-state index contributed by atoms with van der Waals surface area (Å²) in [6.07, 6.45) is 3.23. The van der Waals surface area contributed by atoms with Crippen molar-refractivity contribution >= 4 is 5.69 Å². The Morgan fingerprint density at radius 3 is 2.83 bits per heavy atom. The van der Waals surface area contributed by atoms with Gasteiger partial charge in [-0.25, -0.2) is 14.4 Å². The smallest absolute Gasteiger partial charge is 0.222 e. The summed E-state index contributed by atoms with van der Waals surface area (Å²) < 4.78 is 18.9. The molecule has 0 aliphatic carbocycles. The molecule has 2 N–H and O–H groups in total. The zero-order valence-corrected chi connectivity index (χ0v) is 10.1. The van der Waals surface area contributed by atoms with Gasteiger partial charge in [-0.2, -0.15) is 0 Å². The van der Waals surface area contributed by atoms with Gasteiger partial charge in [-0.1, -0.05) is 13.3 Å². The maximum atomic E-state index is 13.5. The number of aryl methyl sites for hydroxylation is 1. The molecule has 0 saturated carbocycles. The summed E-state index contributed by atoms with van der Waals surface area (Å²) in [6.45, 7) is 2.06. The second-order valence-corrected chi connectivity index (χ2v) is 3.89. The third kappa shape index (κ3) is 2.94. The molecule has 0 saturated heterocycles. The number of nitrogen functional groups attached to an aromatic ring is 1. The third-order valence-corrected chi connectivity index (χ3v) is 2.38. The second kappa shape index (κ2) is 5.44. The van der Waals surface area contributed by atoms with Crippen LogP contribution in [-0.4, -0.2) is 9.97 Å². The number of anilines is 1. The van der Waals surface area contributed by atoms with Crippen LogP contribution >= 0.6 is 0 Å². The molecule has 5 heteroatoms. The summed E-state index contributed by atoms with van der Waals surface area (Å²) in [6, 6.07) is 5.97. The molecule has 0 amide bonds. The van der Waals surface area contributed by atoms with Crippen LogP contribution in [0.15, 0.2) is 30.6 Å². The Kier molecular flexibility index (Phi) is 3.72. The number of hydrogen-bond acceptors (Lipinski definition) is 4.